The number of amides is 1. The van der Waals surface area contributed by atoms with Crippen LogP contribution in [0.15, 0.2) is 10.3 Å². The first-order valence-electron chi connectivity index (χ1n) is 2.12. The summed E-state index contributed by atoms with van der Waals surface area (Å²) >= 11 is 2.86. The van der Waals surface area contributed by atoms with E-state index in [0.717, 1.165) is 4.03 Å². The lowest BCUT2D eigenvalue weighted by Gasteiger charge is -2.07. The molecule has 1 amide bonds. The molecule has 0 spiro atoms. The topological polar surface area (TPSA) is 62.1 Å². The van der Waals surface area contributed by atoms with Crippen LogP contribution in [0.1, 0.15) is 0 Å². The van der Waals surface area contributed by atoms with Crippen molar-refractivity contribution in [2.45, 2.75) is 0 Å². The summed E-state index contributed by atoms with van der Waals surface area (Å²) < 4.78 is 1.12. The summed E-state index contributed by atoms with van der Waals surface area (Å²) in [6.45, 7) is -0.0394. The lowest BCUT2D eigenvalue weighted by Crippen LogP contribution is -2.26. The van der Waals surface area contributed by atoms with Crippen LogP contribution in [0.2, 0.25) is 0 Å². The number of carbonyl (C=O) groups excluding carboxylic acids is 2. The highest BCUT2D eigenvalue weighted by Crippen LogP contribution is 2.04. The standard InChI is InChI=1S/C3H2BrN3O2/c4-7-1-2(8)3(9)5-6-7/h1H2. The summed E-state index contributed by atoms with van der Waals surface area (Å²) in [6.07, 6.45) is 0. The van der Waals surface area contributed by atoms with Gasteiger partial charge in [-0.2, -0.15) is 0 Å². The SMILES string of the molecule is O=C1CN(Br)N=NC1=O. The molecule has 1 heterocycles. The fourth-order valence-corrected chi connectivity index (χ4v) is 0.661. The van der Waals surface area contributed by atoms with Gasteiger partial charge in [0.15, 0.2) is 0 Å². The molecule has 5 nitrogen and oxygen atoms in total. The molecule has 0 aromatic carbocycles. The van der Waals surface area contributed by atoms with Crippen LogP contribution in [0.3, 0.4) is 0 Å². The molecule has 6 heteroatoms. The van der Waals surface area contributed by atoms with Gasteiger partial charge in [-0.3, -0.25) is 9.59 Å². The van der Waals surface area contributed by atoms with Crippen molar-refractivity contribution in [3.8, 4) is 0 Å². The molecule has 1 rings (SSSR count). The monoisotopic (exact) mass is 191 g/mol. The fraction of sp³-hybridized carbons (Fsp3) is 0.333. The second kappa shape index (κ2) is 2.22. The first-order chi connectivity index (χ1) is 4.20. The molecule has 1 aliphatic rings. The average Bonchev–Trinajstić information content (AvgIpc) is 1.80. The Morgan fingerprint density at radius 1 is 1.56 bits per heavy atom. The molecular formula is C3H2BrN3O2. The Hall–Kier alpha value is -0.780. The number of nitrogens with zero attached hydrogens (tertiary/aromatic N) is 3. The van der Waals surface area contributed by atoms with Gasteiger partial charge < -0.3 is 0 Å². The molecule has 0 saturated carbocycles. The van der Waals surface area contributed by atoms with Gasteiger partial charge in [-0.05, 0) is 0 Å². The Morgan fingerprint density at radius 3 is 2.67 bits per heavy atom. The third kappa shape index (κ3) is 1.32. The Labute approximate surface area is 59.0 Å². The van der Waals surface area contributed by atoms with E-state index in [2.05, 4.69) is 26.5 Å². The highest BCUT2D eigenvalue weighted by atomic mass is 79.9. The van der Waals surface area contributed by atoms with Crippen LogP contribution in [-0.2, 0) is 9.59 Å². The van der Waals surface area contributed by atoms with Crippen molar-refractivity contribution in [3.63, 3.8) is 0 Å². The van der Waals surface area contributed by atoms with Gasteiger partial charge in [0.2, 0.25) is 5.78 Å². The van der Waals surface area contributed by atoms with Crippen LogP contribution in [0.5, 0.6) is 0 Å². The maximum Gasteiger partial charge on any atom is 0.334 e. The summed E-state index contributed by atoms with van der Waals surface area (Å²) in [6, 6.07) is 0. The van der Waals surface area contributed by atoms with Gasteiger partial charge in [0, 0.05) is 0 Å². The molecule has 0 unspecified atom stereocenters. The first kappa shape index (κ1) is 6.34. The summed E-state index contributed by atoms with van der Waals surface area (Å²) in [5.74, 6) is -1.34. The van der Waals surface area contributed by atoms with E-state index in [4.69, 9.17) is 0 Å². The summed E-state index contributed by atoms with van der Waals surface area (Å²) in [4.78, 5) is 20.7. The summed E-state index contributed by atoms with van der Waals surface area (Å²) in [7, 11) is 0. The lowest BCUT2D eigenvalue weighted by molar-refractivity contribution is -0.137. The zero-order valence-electron chi connectivity index (χ0n) is 4.24. The predicted octanol–water partition coefficient (Wildman–Crippen LogP) is 0.0748. The lowest BCUT2D eigenvalue weighted by atomic mass is 10.4. The van der Waals surface area contributed by atoms with Crippen molar-refractivity contribution in [3.05, 3.63) is 0 Å². The molecule has 0 aromatic heterocycles. The van der Waals surface area contributed by atoms with Crippen molar-refractivity contribution in [2.75, 3.05) is 6.54 Å². The van der Waals surface area contributed by atoms with Gasteiger partial charge in [-0.1, -0.05) is 10.3 Å². The second-order valence-corrected chi connectivity index (χ2v) is 2.23. The molecule has 9 heavy (non-hydrogen) atoms. The van der Waals surface area contributed by atoms with Crippen LogP contribution in [0.4, 0.5) is 0 Å². The zero-order chi connectivity index (χ0) is 6.85. The van der Waals surface area contributed by atoms with E-state index in [1.165, 1.54) is 0 Å². The molecule has 0 atom stereocenters. The van der Waals surface area contributed by atoms with Crippen LogP contribution in [-0.4, -0.2) is 22.3 Å². The number of carbonyl (C=O) groups is 2. The van der Waals surface area contributed by atoms with Gasteiger partial charge in [-0.25, -0.2) is 4.03 Å². The quantitative estimate of drug-likeness (QED) is 0.403. The fourth-order valence-electron chi connectivity index (χ4n) is 0.363. The minimum atomic E-state index is -0.786. The number of hydrogen-bond donors (Lipinski definition) is 0. The molecule has 1 aliphatic heterocycles. The molecule has 0 fully saturated rings. The molecule has 0 N–H and O–H groups in total. The third-order valence-electron chi connectivity index (χ3n) is 0.745. The number of Topliss-reactive ketones (excluding diaryl/α,β-unsaturated/α-hetero) is 1. The van der Waals surface area contributed by atoms with E-state index < -0.39 is 11.7 Å². The highest BCUT2D eigenvalue weighted by Gasteiger charge is 2.20. The smallest absolute Gasteiger partial charge is 0.286 e. The van der Waals surface area contributed by atoms with Gasteiger partial charge in [0.05, 0.1) is 16.1 Å². The van der Waals surface area contributed by atoms with E-state index in [-0.39, 0.29) is 6.54 Å². The van der Waals surface area contributed by atoms with E-state index in [1.54, 1.807) is 0 Å². The Morgan fingerprint density at radius 2 is 2.22 bits per heavy atom. The third-order valence-corrected chi connectivity index (χ3v) is 1.14. The minimum absolute atomic E-state index is 0.0394. The van der Waals surface area contributed by atoms with Gasteiger partial charge >= 0.3 is 5.91 Å². The van der Waals surface area contributed by atoms with E-state index in [9.17, 15) is 9.59 Å². The van der Waals surface area contributed by atoms with Crippen LogP contribution in [0.25, 0.3) is 0 Å². The van der Waals surface area contributed by atoms with Crippen molar-refractivity contribution < 1.29 is 9.59 Å². The van der Waals surface area contributed by atoms with Gasteiger partial charge in [0.25, 0.3) is 0 Å². The molecular weight excluding hydrogens is 190 g/mol. The van der Waals surface area contributed by atoms with E-state index in [1.807, 2.05) is 0 Å². The number of halogens is 1. The first-order valence-corrected chi connectivity index (χ1v) is 2.83. The predicted molar refractivity (Wildman–Crippen MR) is 30.5 cm³/mol. The van der Waals surface area contributed by atoms with Crippen molar-refractivity contribution in [2.24, 2.45) is 10.3 Å². The molecule has 0 bridgehead atoms. The molecule has 0 aromatic rings. The van der Waals surface area contributed by atoms with Crippen molar-refractivity contribution in [1.29, 1.82) is 0 Å². The molecule has 0 radical (unpaired) electrons. The van der Waals surface area contributed by atoms with Crippen LogP contribution >= 0.6 is 16.1 Å². The number of hydrogen-bond acceptors (Lipinski definition) is 4. The van der Waals surface area contributed by atoms with Gasteiger partial charge in [-0.15, -0.1) is 0 Å². The maximum absolute atomic E-state index is 10.4. The number of ketones is 1. The minimum Gasteiger partial charge on any atom is -0.286 e. The number of rotatable bonds is 0. The van der Waals surface area contributed by atoms with Crippen LogP contribution < -0.4 is 0 Å². The normalized spacial score (nSPS) is 19.0. The van der Waals surface area contributed by atoms with Gasteiger partial charge in [0.1, 0.15) is 6.54 Å². The van der Waals surface area contributed by atoms with Crippen LogP contribution in [0, 0.1) is 0 Å². The zero-order valence-corrected chi connectivity index (χ0v) is 5.83. The second-order valence-electron chi connectivity index (χ2n) is 1.41. The highest BCUT2D eigenvalue weighted by molar-refractivity contribution is 9.07. The van der Waals surface area contributed by atoms with Crippen molar-refractivity contribution in [1.82, 2.24) is 4.03 Å². The van der Waals surface area contributed by atoms with E-state index in [0.29, 0.717) is 0 Å². The largest absolute Gasteiger partial charge is 0.334 e. The maximum atomic E-state index is 10.4. The Bertz CT molecular complexity index is 189. The molecule has 0 saturated heterocycles. The average molecular weight is 192 g/mol. The molecule has 0 aliphatic carbocycles. The summed E-state index contributed by atoms with van der Waals surface area (Å²) in [5.41, 5.74) is 0. The van der Waals surface area contributed by atoms with Crippen molar-refractivity contribution >= 4 is 27.8 Å². The Kier molecular flexibility index (Phi) is 1.56. The molecule has 48 valence electrons. The Balaban J connectivity index is 2.77. The van der Waals surface area contributed by atoms with E-state index >= 15 is 0 Å². The summed E-state index contributed by atoms with van der Waals surface area (Å²) in [5, 5.41) is 6.27.